The lowest BCUT2D eigenvalue weighted by atomic mass is 9.99. The van der Waals surface area contributed by atoms with Gasteiger partial charge in [0.1, 0.15) is 11.9 Å². The minimum atomic E-state index is -0.803. The Morgan fingerprint density at radius 2 is 1.83 bits per heavy atom. The molecular formula is C23H38N2O4. The summed E-state index contributed by atoms with van der Waals surface area (Å²) in [5, 5.41) is 23.4. The average Bonchev–Trinajstić information content (AvgIpc) is 3.20. The molecule has 1 unspecified atom stereocenters. The number of nitrogens with one attached hydrogen (secondary N) is 1. The van der Waals surface area contributed by atoms with Crippen LogP contribution in [-0.4, -0.2) is 59.4 Å². The Labute approximate surface area is 175 Å². The van der Waals surface area contributed by atoms with E-state index < -0.39 is 6.10 Å². The van der Waals surface area contributed by atoms with Crippen molar-refractivity contribution in [3.8, 4) is 5.75 Å². The fourth-order valence-electron chi connectivity index (χ4n) is 3.77. The largest absolute Gasteiger partial charge is 0.508 e. The number of benzene rings is 1. The van der Waals surface area contributed by atoms with Gasteiger partial charge < -0.3 is 25.2 Å². The van der Waals surface area contributed by atoms with Gasteiger partial charge in [-0.3, -0.25) is 4.79 Å². The molecule has 164 valence electrons. The summed E-state index contributed by atoms with van der Waals surface area (Å²) in [7, 11) is 1.73. The molecule has 2 rings (SSSR count). The first kappa shape index (κ1) is 23.6. The molecule has 1 aliphatic heterocycles. The van der Waals surface area contributed by atoms with Gasteiger partial charge in [-0.2, -0.15) is 0 Å². The number of nitrogens with zero attached hydrogens (tertiary/aromatic N) is 1. The molecule has 1 fully saturated rings. The van der Waals surface area contributed by atoms with Crippen LogP contribution in [-0.2, 0) is 9.53 Å². The first-order valence-corrected chi connectivity index (χ1v) is 10.8. The molecule has 0 radical (unpaired) electrons. The molecule has 3 N–H and O–H groups in total. The molecule has 6 heteroatoms. The number of phenols is 1. The predicted octanol–water partition coefficient (Wildman–Crippen LogP) is 3.38. The topological polar surface area (TPSA) is 82.0 Å². The van der Waals surface area contributed by atoms with Crippen molar-refractivity contribution in [3.63, 3.8) is 0 Å². The number of aliphatic hydroxyl groups excluding tert-OH is 1. The van der Waals surface area contributed by atoms with E-state index in [1.165, 1.54) is 0 Å². The van der Waals surface area contributed by atoms with E-state index in [1.807, 2.05) is 0 Å². The van der Waals surface area contributed by atoms with Crippen LogP contribution < -0.4 is 5.32 Å². The van der Waals surface area contributed by atoms with Crippen LogP contribution in [0.3, 0.4) is 0 Å². The summed E-state index contributed by atoms with van der Waals surface area (Å²) < 4.78 is 5.43. The number of ether oxygens (including phenoxy) is 1. The Morgan fingerprint density at radius 3 is 2.45 bits per heavy atom. The third-order valence-electron chi connectivity index (χ3n) is 5.85. The molecule has 2 atom stereocenters. The Morgan fingerprint density at radius 1 is 1.17 bits per heavy atom. The summed E-state index contributed by atoms with van der Waals surface area (Å²) in [5.74, 6) is 0.149. The molecule has 6 nitrogen and oxygen atoms in total. The van der Waals surface area contributed by atoms with Gasteiger partial charge >= 0.3 is 0 Å². The van der Waals surface area contributed by atoms with Crippen LogP contribution in [0.5, 0.6) is 5.75 Å². The maximum Gasteiger partial charge on any atom is 0.220 e. The Hall–Kier alpha value is -1.63. The zero-order valence-corrected chi connectivity index (χ0v) is 18.2. The third kappa shape index (κ3) is 8.33. The first-order valence-electron chi connectivity index (χ1n) is 10.8. The van der Waals surface area contributed by atoms with Gasteiger partial charge in [-0.15, -0.1) is 0 Å². The fraction of sp³-hybridized carbons (Fsp3) is 0.696. The van der Waals surface area contributed by atoms with Gasteiger partial charge in [0.15, 0.2) is 0 Å². The van der Waals surface area contributed by atoms with Crippen LogP contribution >= 0.6 is 0 Å². The van der Waals surface area contributed by atoms with Crippen LogP contribution in [0.25, 0.3) is 0 Å². The van der Waals surface area contributed by atoms with Crippen molar-refractivity contribution in [2.24, 2.45) is 0 Å². The molecule has 0 bridgehead atoms. The molecule has 0 aromatic heterocycles. The zero-order valence-electron chi connectivity index (χ0n) is 18.2. The van der Waals surface area contributed by atoms with E-state index in [4.69, 9.17) is 4.74 Å². The van der Waals surface area contributed by atoms with Gasteiger partial charge in [-0.05, 0) is 70.3 Å². The monoisotopic (exact) mass is 406 g/mol. The maximum absolute atomic E-state index is 12.5. The Balaban J connectivity index is 1.85. The van der Waals surface area contributed by atoms with Crippen LogP contribution in [0.4, 0.5) is 0 Å². The van der Waals surface area contributed by atoms with Crippen LogP contribution in [0, 0.1) is 0 Å². The summed E-state index contributed by atoms with van der Waals surface area (Å²) in [5.41, 5.74) is 0.589. The maximum atomic E-state index is 12.5. The number of likely N-dealkylation sites (tertiary alicyclic amines) is 1. The molecule has 1 aromatic rings. The number of amides is 1. The first-order chi connectivity index (χ1) is 13.8. The second-order valence-electron chi connectivity index (χ2n) is 8.74. The molecule has 1 amide bonds. The SMILES string of the molecule is COC(C)(C)CCCCCC(=O)N[C@H](CN1CCCC1)C(O)c1ccc(O)cc1. The van der Waals surface area contributed by atoms with Crippen molar-refractivity contribution < 1.29 is 19.7 Å². The molecule has 0 aliphatic carbocycles. The number of unbranched alkanes of at least 4 members (excludes halogenated alkanes) is 2. The number of carbonyl (C=O) groups excluding carboxylic acids is 1. The van der Waals surface area contributed by atoms with Gasteiger partial charge in [0, 0.05) is 20.1 Å². The normalized spacial score (nSPS) is 17.2. The second-order valence-corrected chi connectivity index (χ2v) is 8.74. The number of aromatic hydroxyl groups is 1. The van der Waals surface area contributed by atoms with E-state index in [0.29, 0.717) is 18.5 Å². The van der Waals surface area contributed by atoms with Crippen molar-refractivity contribution in [2.75, 3.05) is 26.7 Å². The zero-order chi connectivity index (χ0) is 21.3. The van der Waals surface area contributed by atoms with E-state index in [0.717, 1.165) is 51.6 Å². The predicted molar refractivity (Wildman–Crippen MR) is 115 cm³/mol. The number of phenolic OH excluding ortho intramolecular Hbond substituents is 1. The standard InChI is InChI=1S/C23H38N2O4/c1-23(2,29-3)14-6-4-5-9-21(27)24-20(17-25-15-7-8-16-25)22(28)18-10-12-19(26)13-11-18/h10-13,20,22,26,28H,4-9,14-17H2,1-3H3,(H,24,27)/t20-,22?/m1/s1. The van der Waals surface area contributed by atoms with E-state index in [2.05, 4.69) is 24.1 Å². The highest BCUT2D eigenvalue weighted by Gasteiger charge is 2.26. The average molecular weight is 407 g/mol. The van der Waals surface area contributed by atoms with Crippen molar-refractivity contribution in [2.45, 2.75) is 76.5 Å². The van der Waals surface area contributed by atoms with E-state index >= 15 is 0 Å². The van der Waals surface area contributed by atoms with Gasteiger partial charge in [0.2, 0.25) is 5.91 Å². The lowest BCUT2D eigenvalue weighted by Gasteiger charge is -2.29. The highest BCUT2D eigenvalue weighted by molar-refractivity contribution is 5.76. The fourth-order valence-corrected chi connectivity index (χ4v) is 3.77. The van der Waals surface area contributed by atoms with Crippen molar-refractivity contribution >= 4 is 5.91 Å². The lowest BCUT2D eigenvalue weighted by molar-refractivity contribution is -0.123. The molecule has 1 saturated heterocycles. The molecule has 1 heterocycles. The molecule has 0 spiro atoms. The highest BCUT2D eigenvalue weighted by Crippen LogP contribution is 2.22. The summed E-state index contributed by atoms with van der Waals surface area (Å²) in [6.45, 7) is 6.80. The quantitative estimate of drug-likeness (QED) is 0.464. The minimum Gasteiger partial charge on any atom is -0.508 e. The van der Waals surface area contributed by atoms with Gasteiger partial charge in [-0.25, -0.2) is 0 Å². The highest BCUT2D eigenvalue weighted by atomic mass is 16.5. The van der Waals surface area contributed by atoms with E-state index in [9.17, 15) is 15.0 Å². The summed E-state index contributed by atoms with van der Waals surface area (Å²) in [6, 6.07) is 6.18. The van der Waals surface area contributed by atoms with E-state index in [1.54, 1.807) is 31.4 Å². The molecular weight excluding hydrogens is 368 g/mol. The number of hydrogen-bond acceptors (Lipinski definition) is 5. The number of methoxy groups -OCH3 is 1. The number of rotatable bonds is 12. The molecule has 29 heavy (non-hydrogen) atoms. The number of aliphatic hydroxyl groups is 1. The van der Waals surface area contributed by atoms with Crippen LogP contribution in [0.15, 0.2) is 24.3 Å². The second kappa shape index (κ2) is 11.5. The summed E-state index contributed by atoms with van der Waals surface area (Å²) >= 11 is 0. The lowest BCUT2D eigenvalue weighted by Crippen LogP contribution is -2.46. The van der Waals surface area contributed by atoms with Crippen molar-refractivity contribution in [3.05, 3.63) is 29.8 Å². The molecule has 0 saturated carbocycles. The number of carbonyl (C=O) groups is 1. The van der Waals surface area contributed by atoms with E-state index in [-0.39, 0.29) is 23.3 Å². The van der Waals surface area contributed by atoms with Crippen LogP contribution in [0.2, 0.25) is 0 Å². The smallest absolute Gasteiger partial charge is 0.220 e. The van der Waals surface area contributed by atoms with Crippen molar-refractivity contribution in [1.82, 2.24) is 10.2 Å². The summed E-state index contributed by atoms with van der Waals surface area (Å²) in [4.78, 5) is 14.8. The molecule has 1 aliphatic rings. The van der Waals surface area contributed by atoms with Gasteiger partial charge in [-0.1, -0.05) is 25.0 Å². The molecule has 1 aromatic carbocycles. The Kier molecular flexibility index (Phi) is 9.40. The van der Waals surface area contributed by atoms with Gasteiger partial charge in [0.25, 0.3) is 0 Å². The minimum absolute atomic E-state index is 0.0157. The van der Waals surface area contributed by atoms with Crippen LogP contribution in [0.1, 0.15) is 70.5 Å². The van der Waals surface area contributed by atoms with Crippen molar-refractivity contribution in [1.29, 1.82) is 0 Å². The van der Waals surface area contributed by atoms with Gasteiger partial charge in [0.05, 0.1) is 11.6 Å². The third-order valence-corrected chi connectivity index (χ3v) is 5.85. The Bertz CT molecular complexity index is 612. The summed E-state index contributed by atoms with van der Waals surface area (Å²) in [6.07, 6.45) is 5.80. The number of hydrogen-bond donors (Lipinski definition) is 3.